The van der Waals surface area contributed by atoms with E-state index in [4.69, 9.17) is 0 Å². The summed E-state index contributed by atoms with van der Waals surface area (Å²) < 4.78 is 0. The lowest BCUT2D eigenvalue weighted by atomic mass is 10.1. The molecule has 0 amide bonds. The molecule has 4 nitrogen and oxygen atoms in total. The molecule has 116 valence electrons. The maximum atomic E-state index is 4.34. The first-order valence-electron chi connectivity index (χ1n) is 8.09. The molecule has 0 unspecified atom stereocenters. The van der Waals surface area contributed by atoms with Gasteiger partial charge in [0.05, 0.1) is 0 Å². The van der Waals surface area contributed by atoms with E-state index in [1.165, 1.54) is 16.3 Å². The normalized spacial score (nSPS) is 15.9. The Balaban J connectivity index is 1.40. The predicted octanol–water partition coefficient (Wildman–Crippen LogP) is 2.95. The largest absolute Gasteiger partial charge is 0.354 e. The Kier molecular flexibility index (Phi) is 3.90. The average Bonchev–Trinajstić information content (AvgIpc) is 2.63. The Morgan fingerprint density at radius 2 is 1.70 bits per heavy atom. The van der Waals surface area contributed by atoms with E-state index >= 15 is 0 Å². The smallest absolute Gasteiger partial charge is 0.131 e. The maximum Gasteiger partial charge on any atom is 0.131 e. The number of anilines is 1. The minimum absolute atomic E-state index is 1.02. The molecule has 0 saturated carbocycles. The van der Waals surface area contributed by atoms with Crippen LogP contribution >= 0.6 is 0 Å². The van der Waals surface area contributed by atoms with Gasteiger partial charge in [-0.05, 0) is 28.5 Å². The van der Waals surface area contributed by atoms with Crippen LogP contribution in [0.1, 0.15) is 5.56 Å². The first-order chi connectivity index (χ1) is 11.4. The van der Waals surface area contributed by atoms with Crippen molar-refractivity contribution in [2.75, 3.05) is 31.1 Å². The van der Waals surface area contributed by atoms with E-state index in [9.17, 15) is 0 Å². The molecule has 1 fully saturated rings. The highest BCUT2D eigenvalue weighted by atomic mass is 15.3. The second-order valence-corrected chi connectivity index (χ2v) is 6.01. The fraction of sp³-hybridized carbons (Fsp3) is 0.263. The van der Waals surface area contributed by atoms with E-state index in [1.807, 2.05) is 12.3 Å². The van der Waals surface area contributed by atoms with Crippen molar-refractivity contribution < 1.29 is 0 Å². The molecule has 1 aliphatic heterocycles. The highest BCUT2D eigenvalue weighted by molar-refractivity contribution is 5.82. The molecule has 0 spiro atoms. The van der Waals surface area contributed by atoms with Crippen LogP contribution in [0.4, 0.5) is 5.82 Å². The summed E-state index contributed by atoms with van der Waals surface area (Å²) in [6, 6.07) is 17.3. The van der Waals surface area contributed by atoms with E-state index < -0.39 is 0 Å². The van der Waals surface area contributed by atoms with E-state index in [0.29, 0.717) is 0 Å². The van der Waals surface area contributed by atoms with E-state index in [-0.39, 0.29) is 0 Å². The fourth-order valence-electron chi connectivity index (χ4n) is 3.20. The van der Waals surface area contributed by atoms with Crippen molar-refractivity contribution in [3.8, 4) is 0 Å². The van der Waals surface area contributed by atoms with Crippen LogP contribution in [0.2, 0.25) is 0 Å². The molecule has 2 aromatic carbocycles. The topological polar surface area (TPSA) is 32.3 Å². The number of hydrogen-bond acceptors (Lipinski definition) is 4. The summed E-state index contributed by atoms with van der Waals surface area (Å²) in [5.74, 6) is 1.03. The van der Waals surface area contributed by atoms with Crippen molar-refractivity contribution in [1.29, 1.82) is 0 Å². The van der Waals surface area contributed by atoms with Gasteiger partial charge in [0.2, 0.25) is 0 Å². The SMILES string of the molecule is c1ccc2cc(CN3CCN(c4ccncn4)CC3)ccc2c1. The third kappa shape index (κ3) is 3.17. The molecule has 0 aliphatic carbocycles. The number of rotatable bonds is 3. The average molecular weight is 304 g/mol. The quantitative estimate of drug-likeness (QED) is 0.745. The van der Waals surface area contributed by atoms with Gasteiger partial charge in [-0.3, -0.25) is 4.90 Å². The summed E-state index contributed by atoms with van der Waals surface area (Å²) in [5.41, 5.74) is 1.39. The fourth-order valence-corrected chi connectivity index (χ4v) is 3.20. The molecular weight excluding hydrogens is 284 g/mol. The van der Waals surface area contributed by atoms with Gasteiger partial charge < -0.3 is 4.90 Å². The van der Waals surface area contributed by atoms with Gasteiger partial charge >= 0.3 is 0 Å². The maximum absolute atomic E-state index is 4.34. The van der Waals surface area contributed by atoms with Gasteiger partial charge in [-0.1, -0.05) is 36.4 Å². The van der Waals surface area contributed by atoms with Crippen molar-refractivity contribution in [3.05, 3.63) is 66.6 Å². The molecule has 0 radical (unpaired) electrons. The lowest BCUT2D eigenvalue weighted by Crippen LogP contribution is -2.46. The number of hydrogen-bond donors (Lipinski definition) is 0. The monoisotopic (exact) mass is 304 g/mol. The minimum atomic E-state index is 1.02. The van der Waals surface area contributed by atoms with Crippen LogP contribution in [0.3, 0.4) is 0 Å². The highest BCUT2D eigenvalue weighted by Crippen LogP contribution is 2.18. The van der Waals surface area contributed by atoms with Crippen LogP contribution < -0.4 is 4.90 Å². The molecule has 23 heavy (non-hydrogen) atoms. The Morgan fingerprint density at radius 3 is 2.48 bits per heavy atom. The van der Waals surface area contributed by atoms with Gasteiger partial charge in [0.25, 0.3) is 0 Å². The molecule has 0 bridgehead atoms. The van der Waals surface area contributed by atoms with E-state index in [2.05, 4.69) is 62.2 Å². The second-order valence-electron chi connectivity index (χ2n) is 6.01. The van der Waals surface area contributed by atoms with Crippen molar-refractivity contribution in [2.45, 2.75) is 6.54 Å². The van der Waals surface area contributed by atoms with E-state index in [1.54, 1.807) is 6.33 Å². The molecular formula is C19H20N4. The standard InChI is InChI=1S/C19H20N4/c1-2-4-18-13-16(5-6-17(18)3-1)14-22-9-11-23(12-10-22)19-7-8-20-15-21-19/h1-8,13,15H,9-12,14H2. The molecule has 1 aromatic heterocycles. The summed E-state index contributed by atoms with van der Waals surface area (Å²) in [4.78, 5) is 13.2. The van der Waals surface area contributed by atoms with Gasteiger partial charge in [-0.15, -0.1) is 0 Å². The van der Waals surface area contributed by atoms with Crippen LogP contribution in [0.5, 0.6) is 0 Å². The van der Waals surface area contributed by atoms with Crippen molar-refractivity contribution in [3.63, 3.8) is 0 Å². The molecule has 4 rings (SSSR count). The van der Waals surface area contributed by atoms with Gasteiger partial charge in [0.15, 0.2) is 0 Å². The Hall–Kier alpha value is -2.46. The zero-order valence-electron chi connectivity index (χ0n) is 13.1. The first kappa shape index (κ1) is 14.2. The number of benzene rings is 2. The molecule has 2 heterocycles. The molecule has 1 aliphatic rings. The van der Waals surface area contributed by atoms with Crippen molar-refractivity contribution in [2.24, 2.45) is 0 Å². The molecule has 0 N–H and O–H groups in total. The molecule has 4 heteroatoms. The zero-order chi connectivity index (χ0) is 15.5. The Bertz CT molecular complexity index is 779. The Morgan fingerprint density at radius 1 is 0.870 bits per heavy atom. The van der Waals surface area contributed by atoms with Crippen LogP contribution in [0.15, 0.2) is 61.1 Å². The third-order valence-electron chi connectivity index (χ3n) is 4.48. The summed E-state index contributed by atoms with van der Waals surface area (Å²) in [6.07, 6.45) is 3.43. The summed E-state index contributed by atoms with van der Waals surface area (Å²) in [6.45, 7) is 5.19. The van der Waals surface area contributed by atoms with Crippen LogP contribution in [0, 0.1) is 0 Å². The lowest BCUT2D eigenvalue weighted by Gasteiger charge is -2.35. The zero-order valence-corrected chi connectivity index (χ0v) is 13.1. The third-order valence-corrected chi connectivity index (χ3v) is 4.48. The van der Waals surface area contributed by atoms with Crippen LogP contribution in [-0.2, 0) is 6.54 Å². The van der Waals surface area contributed by atoms with Crippen molar-refractivity contribution in [1.82, 2.24) is 14.9 Å². The van der Waals surface area contributed by atoms with Gasteiger partial charge in [-0.2, -0.15) is 0 Å². The summed E-state index contributed by atoms with van der Waals surface area (Å²) in [5, 5.41) is 2.63. The molecule has 3 aromatic rings. The lowest BCUT2D eigenvalue weighted by molar-refractivity contribution is 0.249. The van der Waals surface area contributed by atoms with Crippen molar-refractivity contribution >= 4 is 16.6 Å². The second kappa shape index (κ2) is 6.34. The predicted molar refractivity (Wildman–Crippen MR) is 93.5 cm³/mol. The van der Waals surface area contributed by atoms with Gasteiger partial charge in [-0.25, -0.2) is 9.97 Å². The molecule has 1 saturated heterocycles. The molecule has 0 atom stereocenters. The van der Waals surface area contributed by atoms with E-state index in [0.717, 1.165) is 38.5 Å². The number of aromatic nitrogens is 2. The van der Waals surface area contributed by atoms with Gasteiger partial charge in [0.1, 0.15) is 12.1 Å². The number of piperazine rings is 1. The Labute approximate surface area is 136 Å². The number of nitrogens with zero attached hydrogens (tertiary/aromatic N) is 4. The first-order valence-corrected chi connectivity index (χ1v) is 8.09. The minimum Gasteiger partial charge on any atom is -0.354 e. The summed E-state index contributed by atoms with van der Waals surface area (Å²) in [7, 11) is 0. The summed E-state index contributed by atoms with van der Waals surface area (Å²) >= 11 is 0. The van der Waals surface area contributed by atoms with Crippen LogP contribution in [-0.4, -0.2) is 41.0 Å². The highest BCUT2D eigenvalue weighted by Gasteiger charge is 2.17. The van der Waals surface area contributed by atoms with Gasteiger partial charge in [0, 0.05) is 38.9 Å². The van der Waals surface area contributed by atoms with Crippen LogP contribution in [0.25, 0.3) is 10.8 Å². The number of fused-ring (bicyclic) bond motifs is 1.